The van der Waals surface area contributed by atoms with E-state index in [9.17, 15) is 0 Å². The van der Waals surface area contributed by atoms with Gasteiger partial charge in [0.2, 0.25) is 0 Å². The average molecular weight is 553 g/mol. The van der Waals surface area contributed by atoms with Crippen LogP contribution in [0.5, 0.6) is 0 Å². The Balaban J connectivity index is 0.00000243. The summed E-state index contributed by atoms with van der Waals surface area (Å²) < 4.78 is 6.81. The van der Waals surface area contributed by atoms with Crippen molar-refractivity contribution in [3.63, 3.8) is 0 Å². The molecule has 1 aliphatic heterocycles. The van der Waals surface area contributed by atoms with Crippen LogP contribution in [0, 0.1) is 0 Å². The van der Waals surface area contributed by atoms with E-state index in [0.29, 0.717) is 6.54 Å². The number of likely N-dealkylation sites (tertiary alicyclic amines) is 1. The van der Waals surface area contributed by atoms with E-state index in [1.807, 2.05) is 6.07 Å². The Bertz CT molecular complexity index is 671. The minimum Gasteiger partial charge on any atom is -0.468 e. The smallest absolute Gasteiger partial charge is 0.191 e. The molecule has 1 atom stereocenters. The first-order chi connectivity index (χ1) is 12.3. The highest BCUT2D eigenvalue weighted by atomic mass is 127. The molecule has 3 heterocycles. The van der Waals surface area contributed by atoms with Crippen LogP contribution in [-0.2, 0) is 6.54 Å². The predicted octanol–water partition coefficient (Wildman–Crippen LogP) is 4.61. The third-order valence-electron chi connectivity index (χ3n) is 4.27. The number of hydrogen-bond acceptors (Lipinski definition) is 4. The van der Waals surface area contributed by atoms with Crippen molar-refractivity contribution < 1.29 is 4.42 Å². The second kappa shape index (κ2) is 11.3. The van der Waals surface area contributed by atoms with Gasteiger partial charge in [0.25, 0.3) is 0 Å². The highest BCUT2D eigenvalue weighted by Crippen LogP contribution is 2.25. The molecular formula is C18H26BrIN4OS. The summed E-state index contributed by atoms with van der Waals surface area (Å²) in [6.45, 7) is 6.65. The average Bonchev–Trinajstić information content (AvgIpc) is 3.36. The van der Waals surface area contributed by atoms with Gasteiger partial charge in [-0.25, -0.2) is 4.99 Å². The standard InChI is InChI=1S/C18H25BrN4OS.HI/c1-2-20-18(21-11-15-10-14(19)13-25-15)22-12-16(17-6-5-9-24-17)23-7-3-4-8-23;/h5-6,9-10,13,16H,2-4,7-8,11-12H2,1H3,(H2,20,21,22);1H. The van der Waals surface area contributed by atoms with Crippen LogP contribution in [0.2, 0.25) is 0 Å². The van der Waals surface area contributed by atoms with Crippen LogP contribution < -0.4 is 10.6 Å². The Morgan fingerprint density at radius 2 is 2.19 bits per heavy atom. The summed E-state index contributed by atoms with van der Waals surface area (Å²) in [7, 11) is 0. The summed E-state index contributed by atoms with van der Waals surface area (Å²) in [5.41, 5.74) is 0. The largest absolute Gasteiger partial charge is 0.468 e. The highest BCUT2D eigenvalue weighted by Gasteiger charge is 2.25. The third-order valence-corrected chi connectivity index (χ3v) is 5.96. The van der Waals surface area contributed by atoms with E-state index in [1.54, 1.807) is 17.6 Å². The summed E-state index contributed by atoms with van der Waals surface area (Å²) in [6.07, 6.45) is 4.28. The first-order valence-electron chi connectivity index (χ1n) is 8.79. The molecule has 1 saturated heterocycles. The summed E-state index contributed by atoms with van der Waals surface area (Å²) in [5, 5.41) is 8.92. The van der Waals surface area contributed by atoms with Crippen molar-refractivity contribution in [1.29, 1.82) is 0 Å². The number of thiophene rings is 1. The number of nitrogens with one attached hydrogen (secondary N) is 2. The molecule has 2 aromatic rings. The minimum atomic E-state index is 0. The topological polar surface area (TPSA) is 52.8 Å². The molecule has 0 amide bonds. The van der Waals surface area contributed by atoms with Crippen molar-refractivity contribution in [2.75, 3.05) is 26.2 Å². The van der Waals surface area contributed by atoms with E-state index in [-0.39, 0.29) is 30.0 Å². The lowest BCUT2D eigenvalue weighted by molar-refractivity contribution is 0.215. The number of furan rings is 1. The van der Waals surface area contributed by atoms with Gasteiger partial charge < -0.3 is 15.1 Å². The molecule has 26 heavy (non-hydrogen) atoms. The van der Waals surface area contributed by atoms with Gasteiger partial charge >= 0.3 is 0 Å². The van der Waals surface area contributed by atoms with Gasteiger partial charge in [-0.3, -0.25) is 4.90 Å². The van der Waals surface area contributed by atoms with Crippen LogP contribution in [0.3, 0.4) is 0 Å². The Morgan fingerprint density at radius 1 is 1.38 bits per heavy atom. The van der Waals surface area contributed by atoms with Gasteiger partial charge in [0, 0.05) is 27.8 Å². The minimum absolute atomic E-state index is 0. The molecule has 0 aromatic carbocycles. The first-order valence-corrected chi connectivity index (χ1v) is 10.5. The monoisotopic (exact) mass is 552 g/mol. The van der Waals surface area contributed by atoms with Gasteiger partial charge in [-0.05, 0) is 67.0 Å². The van der Waals surface area contributed by atoms with E-state index in [2.05, 4.69) is 55.9 Å². The molecule has 2 N–H and O–H groups in total. The van der Waals surface area contributed by atoms with E-state index in [1.165, 1.54) is 17.7 Å². The molecule has 3 rings (SSSR count). The maximum atomic E-state index is 5.69. The van der Waals surface area contributed by atoms with Crippen molar-refractivity contribution in [2.45, 2.75) is 32.4 Å². The SMILES string of the molecule is CCNC(=NCc1cc(Br)cs1)NCC(c1ccco1)N1CCCC1.I. The van der Waals surface area contributed by atoms with Gasteiger partial charge in [-0.2, -0.15) is 0 Å². The Hall–Kier alpha value is -0.580. The summed E-state index contributed by atoms with van der Waals surface area (Å²) >= 11 is 5.21. The van der Waals surface area contributed by atoms with E-state index >= 15 is 0 Å². The summed E-state index contributed by atoms with van der Waals surface area (Å²) in [5.74, 6) is 1.87. The van der Waals surface area contributed by atoms with Crippen molar-refractivity contribution in [3.05, 3.63) is 45.0 Å². The molecule has 1 fully saturated rings. The Kier molecular flexibility index (Phi) is 9.44. The molecular weight excluding hydrogens is 527 g/mol. The first kappa shape index (κ1) is 21.7. The number of aliphatic imine (C=N–C) groups is 1. The lowest BCUT2D eigenvalue weighted by atomic mass is 10.2. The van der Waals surface area contributed by atoms with E-state index in [0.717, 1.165) is 42.4 Å². The Morgan fingerprint density at radius 3 is 2.81 bits per heavy atom. The third kappa shape index (κ3) is 6.24. The fourth-order valence-electron chi connectivity index (χ4n) is 3.07. The van der Waals surface area contributed by atoms with Gasteiger partial charge in [0.15, 0.2) is 5.96 Å². The van der Waals surface area contributed by atoms with Crippen LogP contribution in [0.15, 0.2) is 43.7 Å². The molecule has 144 valence electrons. The second-order valence-corrected chi connectivity index (χ2v) is 7.99. The molecule has 0 saturated carbocycles. The maximum Gasteiger partial charge on any atom is 0.191 e. The Labute approximate surface area is 184 Å². The van der Waals surface area contributed by atoms with Crippen molar-refractivity contribution in [1.82, 2.24) is 15.5 Å². The van der Waals surface area contributed by atoms with Crippen LogP contribution in [0.1, 0.15) is 36.4 Å². The van der Waals surface area contributed by atoms with Crippen LogP contribution >= 0.6 is 51.2 Å². The van der Waals surface area contributed by atoms with Gasteiger partial charge in [-0.15, -0.1) is 35.3 Å². The van der Waals surface area contributed by atoms with Crippen LogP contribution in [-0.4, -0.2) is 37.0 Å². The lowest BCUT2D eigenvalue weighted by Crippen LogP contribution is -2.42. The summed E-state index contributed by atoms with van der Waals surface area (Å²) in [6, 6.07) is 6.40. The molecule has 2 aromatic heterocycles. The number of nitrogens with zero attached hydrogens (tertiary/aromatic N) is 2. The molecule has 0 aliphatic carbocycles. The van der Waals surface area contributed by atoms with E-state index in [4.69, 9.17) is 9.41 Å². The van der Waals surface area contributed by atoms with Gasteiger partial charge in [-0.1, -0.05) is 0 Å². The van der Waals surface area contributed by atoms with Gasteiger partial charge in [0.1, 0.15) is 5.76 Å². The van der Waals surface area contributed by atoms with Crippen molar-refractivity contribution >= 4 is 57.2 Å². The number of hydrogen-bond donors (Lipinski definition) is 2. The second-order valence-electron chi connectivity index (χ2n) is 6.08. The fourth-order valence-corrected chi connectivity index (χ4v) is 4.45. The lowest BCUT2D eigenvalue weighted by Gasteiger charge is -2.26. The fraction of sp³-hybridized carbons (Fsp3) is 0.500. The summed E-state index contributed by atoms with van der Waals surface area (Å²) in [4.78, 5) is 8.45. The number of halogens is 2. The van der Waals surface area contributed by atoms with Crippen LogP contribution in [0.4, 0.5) is 0 Å². The molecule has 0 radical (unpaired) electrons. The zero-order valence-electron chi connectivity index (χ0n) is 14.9. The molecule has 0 bridgehead atoms. The highest BCUT2D eigenvalue weighted by molar-refractivity contribution is 14.0. The molecule has 8 heteroatoms. The molecule has 5 nitrogen and oxygen atoms in total. The van der Waals surface area contributed by atoms with Gasteiger partial charge in [0.05, 0.1) is 18.8 Å². The van der Waals surface area contributed by atoms with Crippen molar-refractivity contribution in [2.24, 2.45) is 4.99 Å². The molecule has 1 aliphatic rings. The van der Waals surface area contributed by atoms with Crippen molar-refractivity contribution in [3.8, 4) is 0 Å². The normalized spacial score (nSPS) is 16.3. The quantitative estimate of drug-likeness (QED) is 0.299. The zero-order chi connectivity index (χ0) is 17.5. The predicted molar refractivity (Wildman–Crippen MR) is 123 cm³/mol. The molecule has 0 spiro atoms. The van der Waals surface area contributed by atoms with E-state index < -0.39 is 0 Å². The number of rotatable bonds is 7. The number of guanidine groups is 1. The zero-order valence-corrected chi connectivity index (χ0v) is 19.6. The maximum absolute atomic E-state index is 5.69. The van der Waals surface area contributed by atoms with Crippen LogP contribution in [0.25, 0.3) is 0 Å². The molecule has 1 unspecified atom stereocenters.